The van der Waals surface area contributed by atoms with Gasteiger partial charge in [0.1, 0.15) is 0 Å². The Hall–Kier alpha value is -0.880. The van der Waals surface area contributed by atoms with Gasteiger partial charge in [-0.05, 0) is 55.7 Å². The quantitative estimate of drug-likeness (QED) is 0.444. The molecule has 5 nitrogen and oxygen atoms in total. The lowest BCUT2D eigenvalue weighted by atomic mass is 9.86. The van der Waals surface area contributed by atoms with E-state index in [9.17, 15) is 4.79 Å². The smallest absolute Gasteiger partial charge is 0.238 e. The lowest BCUT2D eigenvalue weighted by Gasteiger charge is -2.25. The first kappa shape index (κ1) is 16.5. The van der Waals surface area contributed by atoms with Gasteiger partial charge in [-0.15, -0.1) is 0 Å². The fourth-order valence-corrected chi connectivity index (χ4v) is 3.83. The molecule has 0 heterocycles. The standard InChI is InChI=1S/C15H27N3O2S/c1-18(15(21)16-6-3-7-20-2)17-14(19)10-13-9-11-4-5-12(13)8-11/h11-13H,3-10H2,1-2H3,(H,16,21)(H,17,19)/t11-,12+,13-/m0/s1. The van der Waals surface area contributed by atoms with Gasteiger partial charge in [-0.1, -0.05) is 6.42 Å². The average Bonchev–Trinajstić information content (AvgIpc) is 3.05. The molecule has 2 aliphatic rings. The second-order valence-electron chi connectivity index (χ2n) is 6.31. The Kier molecular flexibility index (Phi) is 6.23. The number of hydrogen-bond donors (Lipinski definition) is 2. The van der Waals surface area contributed by atoms with Gasteiger partial charge in [-0.3, -0.25) is 15.2 Å². The van der Waals surface area contributed by atoms with Crippen LogP contribution in [0.25, 0.3) is 0 Å². The molecule has 0 spiro atoms. The zero-order valence-corrected chi connectivity index (χ0v) is 13.9. The Morgan fingerprint density at radius 1 is 1.38 bits per heavy atom. The molecule has 2 rings (SSSR count). The van der Waals surface area contributed by atoms with E-state index in [2.05, 4.69) is 10.7 Å². The van der Waals surface area contributed by atoms with Gasteiger partial charge < -0.3 is 10.1 Å². The van der Waals surface area contributed by atoms with Gasteiger partial charge in [-0.25, -0.2) is 0 Å². The van der Waals surface area contributed by atoms with Gasteiger partial charge >= 0.3 is 0 Å². The second-order valence-corrected chi connectivity index (χ2v) is 6.70. The van der Waals surface area contributed by atoms with Crippen LogP contribution in [0.3, 0.4) is 0 Å². The summed E-state index contributed by atoms with van der Waals surface area (Å²) in [5.41, 5.74) is 2.87. The van der Waals surface area contributed by atoms with Gasteiger partial charge in [0.25, 0.3) is 0 Å². The number of fused-ring (bicyclic) bond motifs is 2. The minimum atomic E-state index is 0.0797. The van der Waals surface area contributed by atoms with Crippen molar-refractivity contribution in [3.05, 3.63) is 0 Å². The van der Waals surface area contributed by atoms with Crippen LogP contribution in [0.15, 0.2) is 0 Å². The third-order valence-electron chi connectivity index (χ3n) is 4.73. The topological polar surface area (TPSA) is 53.6 Å². The maximum Gasteiger partial charge on any atom is 0.238 e. The van der Waals surface area contributed by atoms with Gasteiger partial charge in [0, 0.05) is 33.7 Å². The summed E-state index contributed by atoms with van der Waals surface area (Å²) in [4.78, 5) is 12.1. The molecule has 3 atom stereocenters. The van der Waals surface area contributed by atoms with Crippen LogP contribution >= 0.6 is 12.2 Å². The van der Waals surface area contributed by atoms with E-state index in [4.69, 9.17) is 17.0 Å². The molecule has 0 saturated heterocycles. The van der Waals surface area contributed by atoms with E-state index in [-0.39, 0.29) is 5.91 Å². The highest BCUT2D eigenvalue weighted by Gasteiger charge is 2.40. The van der Waals surface area contributed by atoms with Crippen molar-refractivity contribution in [3.8, 4) is 0 Å². The van der Waals surface area contributed by atoms with Gasteiger partial charge in [0.05, 0.1) is 0 Å². The first-order chi connectivity index (χ1) is 10.1. The summed E-state index contributed by atoms with van der Waals surface area (Å²) < 4.78 is 4.98. The molecular formula is C15H27N3O2S. The molecule has 2 bridgehead atoms. The Balaban J connectivity index is 1.63. The van der Waals surface area contributed by atoms with Crippen LogP contribution in [0.5, 0.6) is 0 Å². The minimum absolute atomic E-state index is 0.0797. The molecule has 1 amide bonds. The monoisotopic (exact) mass is 313 g/mol. The third kappa shape index (κ3) is 4.81. The summed E-state index contributed by atoms with van der Waals surface area (Å²) in [6.45, 7) is 1.45. The lowest BCUT2D eigenvalue weighted by Crippen LogP contribution is -2.48. The molecule has 0 aromatic carbocycles. The Morgan fingerprint density at radius 3 is 2.81 bits per heavy atom. The lowest BCUT2D eigenvalue weighted by molar-refractivity contribution is -0.125. The van der Waals surface area contributed by atoms with Crippen LogP contribution in [-0.4, -0.2) is 43.3 Å². The van der Waals surface area contributed by atoms with Crippen LogP contribution in [0.1, 0.15) is 38.5 Å². The average molecular weight is 313 g/mol. The second kappa shape index (κ2) is 7.94. The highest BCUT2D eigenvalue weighted by molar-refractivity contribution is 7.80. The number of hydrogen-bond acceptors (Lipinski definition) is 3. The van der Waals surface area contributed by atoms with Crippen molar-refractivity contribution in [2.75, 3.05) is 27.3 Å². The molecule has 0 radical (unpaired) electrons. The molecule has 2 N–H and O–H groups in total. The fraction of sp³-hybridized carbons (Fsp3) is 0.867. The van der Waals surface area contributed by atoms with Crippen LogP contribution in [0.4, 0.5) is 0 Å². The van der Waals surface area contributed by atoms with E-state index in [1.54, 1.807) is 19.2 Å². The molecule has 21 heavy (non-hydrogen) atoms. The van der Waals surface area contributed by atoms with Gasteiger partial charge in [0.2, 0.25) is 5.91 Å². The van der Waals surface area contributed by atoms with Crippen molar-refractivity contribution in [3.63, 3.8) is 0 Å². The van der Waals surface area contributed by atoms with Crippen molar-refractivity contribution in [1.29, 1.82) is 0 Å². The first-order valence-corrected chi connectivity index (χ1v) is 8.31. The zero-order valence-electron chi connectivity index (χ0n) is 13.1. The van der Waals surface area contributed by atoms with Crippen LogP contribution < -0.4 is 10.7 Å². The summed E-state index contributed by atoms with van der Waals surface area (Å²) in [5, 5.41) is 5.26. The molecule has 2 aliphatic carbocycles. The number of hydrazine groups is 1. The van der Waals surface area contributed by atoms with E-state index >= 15 is 0 Å². The van der Waals surface area contributed by atoms with Crippen molar-refractivity contribution >= 4 is 23.2 Å². The number of thiocarbonyl (C=S) groups is 1. The molecule has 2 fully saturated rings. The Bertz CT molecular complexity index is 378. The molecule has 0 aromatic rings. The number of nitrogens with zero attached hydrogens (tertiary/aromatic N) is 1. The van der Waals surface area contributed by atoms with E-state index in [0.29, 0.717) is 24.1 Å². The maximum atomic E-state index is 12.1. The largest absolute Gasteiger partial charge is 0.385 e. The summed E-state index contributed by atoms with van der Waals surface area (Å²) in [6.07, 6.45) is 6.80. The summed E-state index contributed by atoms with van der Waals surface area (Å²) in [6, 6.07) is 0. The fourth-order valence-electron chi connectivity index (χ4n) is 3.68. The van der Waals surface area contributed by atoms with Crippen LogP contribution in [0.2, 0.25) is 0 Å². The van der Waals surface area contributed by atoms with E-state index < -0.39 is 0 Å². The Labute approximate surface area is 132 Å². The van der Waals surface area contributed by atoms with E-state index in [1.807, 2.05) is 0 Å². The van der Waals surface area contributed by atoms with Crippen molar-refractivity contribution < 1.29 is 9.53 Å². The molecule has 2 saturated carbocycles. The van der Waals surface area contributed by atoms with Crippen molar-refractivity contribution in [2.24, 2.45) is 17.8 Å². The SMILES string of the molecule is COCCCNC(=S)N(C)NC(=O)C[C@@H]1C[C@H]2CC[C@@H]1C2. The van der Waals surface area contributed by atoms with Gasteiger partial charge in [0.15, 0.2) is 5.11 Å². The molecule has 0 unspecified atom stereocenters. The number of amides is 1. The summed E-state index contributed by atoms with van der Waals surface area (Å²) in [5.74, 6) is 2.33. The normalized spacial score (nSPS) is 26.7. The van der Waals surface area contributed by atoms with E-state index in [0.717, 1.165) is 24.8 Å². The Morgan fingerprint density at radius 2 is 2.19 bits per heavy atom. The zero-order chi connectivity index (χ0) is 15.2. The third-order valence-corrected chi connectivity index (χ3v) is 5.15. The number of rotatable bonds is 6. The predicted molar refractivity (Wildman–Crippen MR) is 86.6 cm³/mol. The summed E-state index contributed by atoms with van der Waals surface area (Å²) in [7, 11) is 3.46. The molecular weight excluding hydrogens is 286 g/mol. The highest BCUT2D eigenvalue weighted by Crippen LogP contribution is 2.49. The maximum absolute atomic E-state index is 12.1. The number of carbonyl (C=O) groups excluding carboxylic acids is 1. The van der Waals surface area contributed by atoms with Gasteiger partial charge in [-0.2, -0.15) is 0 Å². The van der Waals surface area contributed by atoms with Crippen molar-refractivity contribution in [1.82, 2.24) is 15.8 Å². The van der Waals surface area contributed by atoms with Crippen LogP contribution in [0, 0.1) is 17.8 Å². The summed E-state index contributed by atoms with van der Waals surface area (Å²) >= 11 is 5.24. The minimum Gasteiger partial charge on any atom is -0.385 e. The molecule has 0 aromatic heterocycles. The highest BCUT2D eigenvalue weighted by atomic mass is 32.1. The van der Waals surface area contributed by atoms with Crippen molar-refractivity contribution in [2.45, 2.75) is 38.5 Å². The first-order valence-electron chi connectivity index (χ1n) is 7.90. The predicted octanol–water partition coefficient (Wildman–Crippen LogP) is 1.69. The number of carbonyl (C=O) groups is 1. The molecule has 120 valence electrons. The molecule has 0 aliphatic heterocycles. The van der Waals surface area contributed by atoms with E-state index in [1.165, 1.54) is 25.7 Å². The number of ether oxygens (including phenoxy) is 1. The van der Waals surface area contributed by atoms with Crippen LogP contribution in [-0.2, 0) is 9.53 Å². The number of nitrogens with one attached hydrogen (secondary N) is 2. The number of methoxy groups -OCH3 is 1. The molecule has 6 heteroatoms.